The van der Waals surface area contributed by atoms with Crippen molar-refractivity contribution in [3.63, 3.8) is 0 Å². The van der Waals surface area contributed by atoms with Gasteiger partial charge < -0.3 is 5.32 Å². The molecule has 0 saturated heterocycles. The number of benzene rings is 2. The number of aryl methyl sites for hydroxylation is 1. The van der Waals surface area contributed by atoms with Gasteiger partial charge in [0.25, 0.3) is 5.91 Å². The summed E-state index contributed by atoms with van der Waals surface area (Å²) in [5.41, 5.74) is -0.226. The normalized spacial score (nSPS) is 10.4. The smallest absolute Gasteiger partial charge is 0.255 e. The zero-order chi connectivity index (χ0) is 14.9. The van der Waals surface area contributed by atoms with Crippen molar-refractivity contribution >= 4 is 27.5 Å². The Kier molecular flexibility index (Phi) is 4.13. The van der Waals surface area contributed by atoms with Crippen molar-refractivity contribution in [3.05, 3.63) is 63.4 Å². The first-order valence-corrected chi connectivity index (χ1v) is 6.40. The number of carbonyl (C=O) groups is 1. The lowest BCUT2D eigenvalue weighted by atomic mass is 10.1. The summed E-state index contributed by atoms with van der Waals surface area (Å²) in [6, 6.07) is 5.88. The molecule has 1 amide bonds. The van der Waals surface area contributed by atoms with Gasteiger partial charge in [-0.2, -0.15) is 0 Å². The molecule has 2 aromatic carbocycles. The molecule has 0 aliphatic heterocycles. The fourth-order valence-corrected chi connectivity index (χ4v) is 1.97. The van der Waals surface area contributed by atoms with Crippen LogP contribution in [0, 0.1) is 24.4 Å². The predicted octanol–water partition coefficient (Wildman–Crippen LogP) is 4.43. The minimum atomic E-state index is -0.873. The molecule has 2 aromatic rings. The molecule has 6 heteroatoms. The van der Waals surface area contributed by atoms with E-state index in [0.717, 1.165) is 12.1 Å². The van der Waals surface area contributed by atoms with E-state index in [9.17, 15) is 18.0 Å². The molecule has 0 spiro atoms. The van der Waals surface area contributed by atoms with Gasteiger partial charge in [0.1, 0.15) is 17.3 Å². The van der Waals surface area contributed by atoms with E-state index in [1.165, 1.54) is 25.1 Å². The molecule has 2 nitrogen and oxygen atoms in total. The van der Waals surface area contributed by atoms with Crippen molar-refractivity contribution in [2.75, 3.05) is 5.32 Å². The minimum Gasteiger partial charge on any atom is -0.317 e. The molecule has 1 N–H and O–H groups in total. The summed E-state index contributed by atoms with van der Waals surface area (Å²) in [5.74, 6) is -2.97. The quantitative estimate of drug-likeness (QED) is 0.858. The van der Waals surface area contributed by atoms with Crippen molar-refractivity contribution in [1.29, 1.82) is 0 Å². The molecule has 20 heavy (non-hydrogen) atoms. The lowest BCUT2D eigenvalue weighted by molar-refractivity contribution is 0.102. The number of amides is 1. The highest BCUT2D eigenvalue weighted by atomic mass is 79.9. The highest BCUT2D eigenvalue weighted by molar-refractivity contribution is 9.10. The molecule has 0 atom stereocenters. The van der Waals surface area contributed by atoms with Gasteiger partial charge in [-0.1, -0.05) is 6.07 Å². The molecule has 0 aliphatic rings. The highest BCUT2D eigenvalue weighted by Gasteiger charge is 2.16. The largest absolute Gasteiger partial charge is 0.317 e. The van der Waals surface area contributed by atoms with E-state index < -0.39 is 29.0 Å². The fourth-order valence-electron chi connectivity index (χ4n) is 1.59. The van der Waals surface area contributed by atoms with Crippen LogP contribution in [0.3, 0.4) is 0 Å². The SMILES string of the molecule is Cc1ccc(F)c(NC(=O)c2ccc(F)c(Br)c2)c1F. The van der Waals surface area contributed by atoms with Crippen LogP contribution < -0.4 is 5.32 Å². The number of carbonyl (C=O) groups excluding carboxylic acids is 1. The number of hydrogen-bond donors (Lipinski definition) is 1. The Bertz CT molecular complexity index is 688. The zero-order valence-corrected chi connectivity index (χ0v) is 11.9. The van der Waals surface area contributed by atoms with Crippen molar-refractivity contribution in [2.24, 2.45) is 0 Å². The van der Waals surface area contributed by atoms with E-state index in [1.54, 1.807) is 0 Å². The second kappa shape index (κ2) is 5.66. The maximum Gasteiger partial charge on any atom is 0.255 e. The van der Waals surface area contributed by atoms with E-state index >= 15 is 0 Å². The van der Waals surface area contributed by atoms with Crippen molar-refractivity contribution in [2.45, 2.75) is 6.92 Å². The molecule has 0 radical (unpaired) electrons. The van der Waals surface area contributed by atoms with Crippen LogP contribution in [0.15, 0.2) is 34.8 Å². The molecule has 104 valence electrons. The third-order valence-electron chi connectivity index (χ3n) is 2.70. The average Bonchev–Trinajstić information content (AvgIpc) is 2.42. The third-order valence-corrected chi connectivity index (χ3v) is 3.31. The Morgan fingerprint density at radius 2 is 1.75 bits per heavy atom. The van der Waals surface area contributed by atoms with Crippen molar-refractivity contribution in [1.82, 2.24) is 0 Å². The topological polar surface area (TPSA) is 29.1 Å². The molecular formula is C14H9BrF3NO. The molecule has 0 bridgehead atoms. The van der Waals surface area contributed by atoms with Gasteiger partial charge in [0.15, 0.2) is 5.82 Å². The fraction of sp³-hybridized carbons (Fsp3) is 0.0714. The van der Waals surface area contributed by atoms with Gasteiger partial charge >= 0.3 is 0 Å². The standard InChI is InChI=1S/C14H9BrF3NO/c1-7-2-4-11(17)13(12(7)18)19-14(20)8-3-5-10(16)9(15)6-8/h2-6H,1H3,(H,19,20). The van der Waals surface area contributed by atoms with Gasteiger partial charge in [-0.3, -0.25) is 4.79 Å². The van der Waals surface area contributed by atoms with Crippen LogP contribution in [0.2, 0.25) is 0 Å². The van der Waals surface area contributed by atoms with Crippen LogP contribution in [0.4, 0.5) is 18.9 Å². The Labute approximate surface area is 121 Å². The third kappa shape index (κ3) is 2.85. The van der Waals surface area contributed by atoms with E-state index in [-0.39, 0.29) is 15.6 Å². The van der Waals surface area contributed by atoms with Crippen molar-refractivity contribution in [3.8, 4) is 0 Å². The minimum absolute atomic E-state index is 0.0820. The highest BCUT2D eigenvalue weighted by Crippen LogP contribution is 2.23. The molecule has 0 heterocycles. The maximum absolute atomic E-state index is 13.8. The summed E-state index contributed by atoms with van der Waals surface area (Å²) in [6.45, 7) is 1.46. The first kappa shape index (κ1) is 14.6. The number of rotatable bonds is 2. The molecule has 2 rings (SSSR count). The van der Waals surface area contributed by atoms with Gasteiger partial charge in [0.05, 0.1) is 4.47 Å². The Balaban J connectivity index is 2.32. The second-order valence-electron chi connectivity index (χ2n) is 4.14. The summed E-state index contributed by atoms with van der Waals surface area (Å²) in [7, 11) is 0. The summed E-state index contributed by atoms with van der Waals surface area (Å²) >= 11 is 2.94. The molecule has 0 fully saturated rings. The van der Waals surface area contributed by atoms with Gasteiger partial charge in [-0.25, -0.2) is 13.2 Å². The summed E-state index contributed by atoms with van der Waals surface area (Å²) < 4.78 is 40.4. The maximum atomic E-state index is 13.8. The molecule has 0 aliphatic carbocycles. The molecule has 0 saturated carbocycles. The summed E-state index contributed by atoms with van der Waals surface area (Å²) in [4.78, 5) is 11.9. The van der Waals surface area contributed by atoms with E-state index in [1.807, 2.05) is 0 Å². The molecule has 0 aromatic heterocycles. The van der Waals surface area contributed by atoms with Gasteiger partial charge in [-0.15, -0.1) is 0 Å². The molecular weight excluding hydrogens is 335 g/mol. The Morgan fingerprint density at radius 3 is 2.40 bits per heavy atom. The first-order valence-electron chi connectivity index (χ1n) is 5.61. The van der Waals surface area contributed by atoms with E-state index in [0.29, 0.717) is 0 Å². The van der Waals surface area contributed by atoms with Gasteiger partial charge in [0.2, 0.25) is 0 Å². The zero-order valence-electron chi connectivity index (χ0n) is 10.3. The van der Waals surface area contributed by atoms with Crippen LogP contribution >= 0.6 is 15.9 Å². The monoisotopic (exact) mass is 343 g/mol. The predicted molar refractivity (Wildman–Crippen MR) is 73.1 cm³/mol. The van der Waals surface area contributed by atoms with Crippen LogP contribution in [-0.2, 0) is 0 Å². The number of halogens is 4. The van der Waals surface area contributed by atoms with Gasteiger partial charge in [-0.05, 0) is 52.7 Å². The number of nitrogens with one attached hydrogen (secondary N) is 1. The lowest BCUT2D eigenvalue weighted by Crippen LogP contribution is -2.15. The molecule has 0 unspecified atom stereocenters. The van der Waals surface area contributed by atoms with Gasteiger partial charge in [0, 0.05) is 5.56 Å². The summed E-state index contributed by atoms with van der Waals surface area (Å²) in [6.07, 6.45) is 0. The van der Waals surface area contributed by atoms with E-state index in [4.69, 9.17) is 0 Å². The number of anilines is 1. The first-order chi connectivity index (χ1) is 9.40. The van der Waals surface area contributed by atoms with Crippen LogP contribution in [0.5, 0.6) is 0 Å². The van der Waals surface area contributed by atoms with Crippen LogP contribution in [-0.4, -0.2) is 5.91 Å². The average molecular weight is 344 g/mol. The second-order valence-corrected chi connectivity index (χ2v) is 4.99. The number of hydrogen-bond acceptors (Lipinski definition) is 1. The lowest BCUT2D eigenvalue weighted by Gasteiger charge is -2.09. The van der Waals surface area contributed by atoms with E-state index in [2.05, 4.69) is 21.2 Å². The Morgan fingerprint density at radius 1 is 1.10 bits per heavy atom. The Hall–Kier alpha value is -1.82. The van der Waals surface area contributed by atoms with Crippen LogP contribution in [0.1, 0.15) is 15.9 Å². The summed E-state index contributed by atoms with van der Waals surface area (Å²) in [5, 5.41) is 2.15. The van der Waals surface area contributed by atoms with Crippen molar-refractivity contribution < 1.29 is 18.0 Å². The van der Waals surface area contributed by atoms with Crippen LogP contribution in [0.25, 0.3) is 0 Å².